The molecule has 0 spiro atoms. The van der Waals surface area contributed by atoms with Crippen molar-refractivity contribution in [1.82, 2.24) is 10.2 Å². The van der Waals surface area contributed by atoms with Gasteiger partial charge in [-0.05, 0) is 39.5 Å². The molecule has 0 aliphatic carbocycles. The Kier molecular flexibility index (Phi) is 5.01. The zero-order valence-electron chi connectivity index (χ0n) is 11.7. The lowest BCUT2D eigenvalue weighted by molar-refractivity contribution is -0.138. The van der Waals surface area contributed by atoms with Crippen LogP contribution in [0.25, 0.3) is 0 Å². The summed E-state index contributed by atoms with van der Waals surface area (Å²) in [4.78, 5) is 14.4. The lowest BCUT2D eigenvalue weighted by Gasteiger charge is -2.36. The number of ether oxygens (including phenoxy) is 1. The van der Waals surface area contributed by atoms with Crippen molar-refractivity contribution < 1.29 is 9.53 Å². The first-order chi connectivity index (χ1) is 8.70. The van der Waals surface area contributed by atoms with E-state index < -0.39 is 0 Å². The van der Waals surface area contributed by atoms with Gasteiger partial charge in [-0.3, -0.25) is 4.79 Å². The highest BCUT2D eigenvalue weighted by molar-refractivity contribution is 5.79. The Balaban J connectivity index is 1.77. The van der Waals surface area contributed by atoms with Gasteiger partial charge in [-0.1, -0.05) is 0 Å². The fourth-order valence-electron chi connectivity index (χ4n) is 2.95. The Bertz CT molecular complexity index is 267. The van der Waals surface area contributed by atoms with Gasteiger partial charge in [0.05, 0.1) is 12.0 Å². The maximum atomic E-state index is 12.4. The van der Waals surface area contributed by atoms with Gasteiger partial charge >= 0.3 is 0 Å². The van der Waals surface area contributed by atoms with Crippen LogP contribution in [0.5, 0.6) is 0 Å². The number of piperidine rings is 2. The third-order valence-corrected chi connectivity index (χ3v) is 4.17. The highest BCUT2D eigenvalue weighted by atomic mass is 16.5. The minimum absolute atomic E-state index is 0.199. The van der Waals surface area contributed by atoms with Crippen LogP contribution in [-0.2, 0) is 9.53 Å². The van der Waals surface area contributed by atoms with E-state index in [2.05, 4.69) is 12.2 Å². The Morgan fingerprint density at radius 2 is 2.00 bits per heavy atom. The molecule has 0 radical (unpaired) electrons. The highest BCUT2D eigenvalue weighted by Gasteiger charge is 2.30. The summed E-state index contributed by atoms with van der Waals surface area (Å²) in [6.45, 7) is 7.60. The van der Waals surface area contributed by atoms with E-state index in [0.29, 0.717) is 18.1 Å². The average molecular weight is 254 g/mol. The first kappa shape index (κ1) is 13.8. The number of likely N-dealkylation sites (tertiary alicyclic amines) is 1. The Hall–Kier alpha value is -0.610. The second kappa shape index (κ2) is 6.53. The smallest absolute Gasteiger partial charge is 0.226 e. The molecule has 2 unspecified atom stereocenters. The first-order valence-corrected chi connectivity index (χ1v) is 7.34. The summed E-state index contributed by atoms with van der Waals surface area (Å²) in [5, 5.41) is 3.41. The van der Waals surface area contributed by atoms with Crippen LogP contribution in [0.2, 0.25) is 0 Å². The highest BCUT2D eigenvalue weighted by Crippen LogP contribution is 2.20. The Labute approximate surface area is 110 Å². The molecule has 0 aromatic heterocycles. The SMILES string of the molecule is CCOC1CCN(C(=O)C2CCC(C)NC2)CC1. The molecule has 2 aliphatic rings. The summed E-state index contributed by atoms with van der Waals surface area (Å²) in [7, 11) is 0. The van der Waals surface area contributed by atoms with Gasteiger partial charge in [0.2, 0.25) is 5.91 Å². The lowest BCUT2D eigenvalue weighted by Crippen LogP contribution is -2.48. The molecular weight excluding hydrogens is 228 g/mol. The first-order valence-electron chi connectivity index (χ1n) is 7.34. The van der Waals surface area contributed by atoms with Crippen molar-refractivity contribution in [2.45, 2.75) is 51.7 Å². The zero-order chi connectivity index (χ0) is 13.0. The van der Waals surface area contributed by atoms with E-state index >= 15 is 0 Å². The molecule has 2 heterocycles. The topological polar surface area (TPSA) is 41.6 Å². The van der Waals surface area contributed by atoms with Crippen LogP contribution in [0.1, 0.15) is 39.5 Å². The molecule has 4 heteroatoms. The van der Waals surface area contributed by atoms with Gasteiger partial charge in [0.25, 0.3) is 0 Å². The van der Waals surface area contributed by atoms with Gasteiger partial charge in [-0.25, -0.2) is 0 Å². The van der Waals surface area contributed by atoms with E-state index in [1.807, 2.05) is 11.8 Å². The van der Waals surface area contributed by atoms with Crippen molar-refractivity contribution in [2.24, 2.45) is 5.92 Å². The van der Waals surface area contributed by atoms with Crippen LogP contribution in [0.4, 0.5) is 0 Å². The van der Waals surface area contributed by atoms with Crippen molar-refractivity contribution in [3.8, 4) is 0 Å². The van der Waals surface area contributed by atoms with Crippen LogP contribution in [0.3, 0.4) is 0 Å². The molecule has 2 saturated heterocycles. The van der Waals surface area contributed by atoms with Gasteiger partial charge in [0.15, 0.2) is 0 Å². The van der Waals surface area contributed by atoms with E-state index in [0.717, 1.165) is 51.9 Å². The van der Waals surface area contributed by atoms with Gasteiger partial charge in [0.1, 0.15) is 0 Å². The molecule has 104 valence electrons. The van der Waals surface area contributed by atoms with E-state index in [9.17, 15) is 4.79 Å². The van der Waals surface area contributed by atoms with Gasteiger partial charge in [-0.15, -0.1) is 0 Å². The second-order valence-electron chi connectivity index (χ2n) is 5.56. The van der Waals surface area contributed by atoms with Crippen LogP contribution < -0.4 is 5.32 Å². The van der Waals surface area contributed by atoms with E-state index in [4.69, 9.17) is 4.74 Å². The monoisotopic (exact) mass is 254 g/mol. The maximum absolute atomic E-state index is 12.4. The fraction of sp³-hybridized carbons (Fsp3) is 0.929. The summed E-state index contributed by atoms with van der Waals surface area (Å²) in [6.07, 6.45) is 4.51. The maximum Gasteiger partial charge on any atom is 0.226 e. The lowest BCUT2D eigenvalue weighted by atomic mass is 9.93. The van der Waals surface area contributed by atoms with Crippen molar-refractivity contribution in [3.05, 3.63) is 0 Å². The Morgan fingerprint density at radius 3 is 2.56 bits per heavy atom. The van der Waals surface area contributed by atoms with Gasteiger partial charge in [-0.2, -0.15) is 0 Å². The molecule has 0 bridgehead atoms. The fourth-order valence-corrected chi connectivity index (χ4v) is 2.95. The average Bonchev–Trinajstić information content (AvgIpc) is 2.40. The number of nitrogens with one attached hydrogen (secondary N) is 1. The van der Waals surface area contributed by atoms with Crippen molar-refractivity contribution in [2.75, 3.05) is 26.2 Å². The zero-order valence-corrected chi connectivity index (χ0v) is 11.7. The van der Waals surface area contributed by atoms with E-state index in [1.165, 1.54) is 0 Å². The molecule has 0 saturated carbocycles. The van der Waals surface area contributed by atoms with Crippen molar-refractivity contribution in [1.29, 1.82) is 0 Å². The van der Waals surface area contributed by atoms with Gasteiger partial charge in [0, 0.05) is 32.3 Å². The normalized spacial score (nSPS) is 30.4. The molecule has 2 fully saturated rings. The summed E-state index contributed by atoms with van der Waals surface area (Å²) in [5.41, 5.74) is 0. The third-order valence-electron chi connectivity index (χ3n) is 4.17. The van der Waals surface area contributed by atoms with Crippen LogP contribution in [0.15, 0.2) is 0 Å². The quantitative estimate of drug-likeness (QED) is 0.828. The Morgan fingerprint density at radius 1 is 1.28 bits per heavy atom. The van der Waals surface area contributed by atoms with Crippen LogP contribution >= 0.6 is 0 Å². The number of nitrogens with zero attached hydrogens (tertiary/aromatic N) is 1. The number of hydrogen-bond donors (Lipinski definition) is 1. The van der Waals surface area contributed by atoms with E-state index in [1.54, 1.807) is 0 Å². The molecule has 0 aromatic carbocycles. The molecule has 4 nitrogen and oxygen atoms in total. The van der Waals surface area contributed by atoms with Gasteiger partial charge < -0.3 is 15.0 Å². The van der Waals surface area contributed by atoms with Crippen molar-refractivity contribution >= 4 is 5.91 Å². The molecule has 18 heavy (non-hydrogen) atoms. The largest absolute Gasteiger partial charge is 0.378 e. The summed E-state index contributed by atoms with van der Waals surface area (Å²) in [6, 6.07) is 0.567. The number of hydrogen-bond acceptors (Lipinski definition) is 3. The van der Waals surface area contributed by atoms with E-state index in [-0.39, 0.29) is 5.92 Å². The third kappa shape index (κ3) is 3.45. The summed E-state index contributed by atoms with van der Waals surface area (Å²) < 4.78 is 5.62. The number of carbonyl (C=O) groups excluding carboxylic acids is 1. The van der Waals surface area contributed by atoms with Crippen LogP contribution in [0, 0.1) is 5.92 Å². The predicted molar refractivity (Wildman–Crippen MR) is 71.4 cm³/mol. The van der Waals surface area contributed by atoms with Crippen molar-refractivity contribution in [3.63, 3.8) is 0 Å². The standard InChI is InChI=1S/C14H26N2O2/c1-3-18-13-6-8-16(9-7-13)14(17)12-5-4-11(2)15-10-12/h11-13,15H,3-10H2,1-2H3. The molecule has 0 aromatic rings. The molecule has 1 N–H and O–H groups in total. The minimum Gasteiger partial charge on any atom is -0.378 e. The molecule has 2 atom stereocenters. The summed E-state index contributed by atoms with van der Waals surface area (Å²) in [5.74, 6) is 0.550. The molecule has 2 aliphatic heterocycles. The number of carbonyl (C=O) groups is 1. The summed E-state index contributed by atoms with van der Waals surface area (Å²) >= 11 is 0. The number of rotatable bonds is 3. The number of amides is 1. The molecule has 2 rings (SSSR count). The molecule has 1 amide bonds. The predicted octanol–water partition coefficient (Wildman–Crippen LogP) is 1.40. The minimum atomic E-state index is 0.199. The molecular formula is C14H26N2O2. The van der Waals surface area contributed by atoms with Crippen LogP contribution in [-0.4, -0.2) is 49.2 Å². The second-order valence-corrected chi connectivity index (χ2v) is 5.56.